The van der Waals surface area contributed by atoms with Gasteiger partial charge in [0.2, 0.25) is 11.8 Å². The highest BCUT2D eigenvalue weighted by atomic mass is 16.2. The number of benzene rings is 1. The summed E-state index contributed by atoms with van der Waals surface area (Å²) in [5.41, 5.74) is 3.13. The van der Waals surface area contributed by atoms with Gasteiger partial charge in [0, 0.05) is 37.7 Å². The van der Waals surface area contributed by atoms with E-state index in [1.807, 2.05) is 18.2 Å². The van der Waals surface area contributed by atoms with Crippen LogP contribution in [-0.4, -0.2) is 47.8 Å². The molecule has 3 aliphatic heterocycles. The van der Waals surface area contributed by atoms with Gasteiger partial charge in [-0.3, -0.25) is 19.7 Å². The van der Waals surface area contributed by atoms with E-state index in [9.17, 15) is 14.4 Å². The van der Waals surface area contributed by atoms with E-state index in [1.54, 1.807) is 4.90 Å². The van der Waals surface area contributed by atoms with Crippen LogP contribution in [0.1, 0.15) is 60.0 Å². The van der Waals surface area contributed by atoms with Crippen molar-refractivity contribution in [3.63, 3.8) is 0 Å². The predicted molar refractivity (Wildman–Crippen MR) is 107 cm³/mol. The van der Waals surface area contributed by atoms with Crippen LogP contribution in [0.3, 0.4) is 0 Å². The molecule has 1 spiro atoms. The molecule has 0 radical (unpaired) electrons. The van der Waals surface area contributed by atoms with Gasteiger partial charge in [-0.2, -0.15) is 0 Å². The molecule has 2 unspecified atom stereocenters. The van der Waals surface area contributed by atoms with Crippen molar-refractivity contribution < 1.29 is 14.4 Å². The lowest BCUT2D eigenvalue weighted by atomic mass is 9.61. The van der Waals surface area contributed by atoms with E-state index in [-0.39, 0.29) is 24.1 Å². The Morgan fingerprint density at radius 2 is 2.03 bits per heavy atom. The maximum Gasteiger partial charge on any atom is 0.255 e. The van der Waals surface area contributed by atoms with Crippen molar-refractivity contribution in [1.29, 1.82) is 0 Å². The van der Waals surface area contributed by atoms with E-state index < -0.39 is 6.04 Å². The van der Waals surface area contributed by atoms with Crippen molar-refractivity contribution in [2.24, 2.45) is 5.41 Å². The Morgan fingerprint density at radius 3 is 2.79 bits per heavy atom. The van der Waals surface area contributed by atoms with Crippen LogP contribution in [0.2, 0.25) is 0 Å². The SMILES string of the molecule is O=C1CCC(N2Cc3cccc(CNC4CNCCC45CCC5)c3C2=O)C(=O)N1. The average molecular weight is 396 g/mol. The van der Waals surface area contributed by atoms with E-state index in [2.05, 4.69) is 16.0 Å². The molecule has 1 aromatic carbocycles. The van der Waals surface area contributed by atoms with Gasteiger partial charge in [0.25, 0.3) is 5.91 Å². The first kappa shape index (κ1) is 18.8. The predicted octanol–water partition coefficient (Wildman–Crippen LogP) is 1.07. The van der Waals surface area contributed by atoms with Gasteiger partial charge in [0.1, 0.15) is 6.04 Å². The Bertz CT molecular complexity index is 864. The van der Waals surface area contributed by atoms with Gasteiger partial charge in [-0.05, 0) is 48.8 Å². The van der Waals surface area contributed by atoms with Crippen molar-refractivity contribution >= 4 is 17.7 Å². The molecule has 1 saturated carbocycles. The molecule has 2 saturated heterocycles. The van der Waals surface area contributed by atoms with Gasteiger partial charge < -0.3 is 15.5 Å². The Balaban J connectivity index is 1.32. The zero-order valence-electron chi connectivity index (χ0n) is 16.6. The third-order valence-electron chi connectivity index (χ3n) is 7.41. The van der Waals surface area contributed by atoms with E-state index in [1.165, 1.54) is 25.7 Å². The normalized spacial score (nSPS) is 28.3. The van der Waals surface area contributed by atoms with Crippen LogP contribution in [0.25, 0.3) is 0 Å². The molecule has 3 heterocycles. The lowest BCUT2D eigenvalue weighted by Crippen LogP contribution is -2.58. The summed E-state index contributed by atoms with van der Waals surface area (Å²) in [5, 5.41) is 9.60. The standard InChI is InChI=1S/C22H28N4O3/c27-18-6-5-16(20(28)25-18)26-13-15-4-1-3-14(19(15)21(26)29)11-24-17-12-23-10-9-22(17)7-2-8-22/h1,3-4,16-17,23-24H,2,5-13H2,(H,25,27,28). The number of carbonyl (C=O) groups is 3. The molecular formula is C22H28N4O3. The zero-order chi connectivity index (χ0) is 20.0. The van der Waals surface area contributed by atoms with Crippen molar-refractivity contribution in [1.82, 2.24) is 20.9 Å². The summed E-state index contributed by atoms with van der Waals surface area (Å²) >= 11 is 0. The van der Waals surface area contributed by atoms with E-state index >= 15 is 0 Å². The number of hydrogen-bond acceptors (Lipinski definition) is 5. The first-order chi connectivity index (χ1) is 14.1. The maximum atomic E-state index is 13.2. The first-order valence-corrected chi connectivity index (χ1v) is 10.8. The summed E-state index contributed by atoms with van der Waals surface area (Å²) in [6.45, 7) is 3.17. The van der Waals surface area contributed by atoms with Gasteiger partial charge in [-0.1, -0.05) is 24.6 Å². The van der Waals surface area contributed by atoms with Gasteiger partial charge in [-0.15, -0.1) is 0 Å². The molecule has 7 heteroatoms. The first-order valence-electron chi connectivity index (χ1n) is 10.8. The minimum Gasteiger partial charge on any atom is -0.322 e. The zero-order valence-corrected chi connectivity index (χ0v) is 16.6. The number of hydrogen-bond donors (Lipinski definition) is 3. The number of amides is 3. The summed E-state index contributed by atoms with van der Waals surface area (Å²) in [5.74, 6) is -0.708. The van der Waals surface area contributed by atoms with Crippen LogP contribution >= 0.6 is 0 Å². The fraction of sp³-hybridized carbons (Fsp3) is 0.591. The number of imide groups is 1. The quantitative estimate of drug-likeness (QED) is 0.663. The van der Waals surface area contributed by atoms with Crippen LogP contribution in [0, 0.1) is 5.41 Å². The molecule has 29 heavy (non-hydrogen) atoms. The summed E-state index contributed by atoms with van der Waals surface area (Å²) < 4.78 is 0. The van der Waals surface area contributed by atoms with Crippen molar-refractivity contribution in [3.05, 3.63) is 34.9 Å². The number of carbonyl (C=O) groups excluding carboxylic acids is 3. The topological polar surface area (TPSA) is 90.5 Å². The van der Waals surface area contributed by atoms with E-state index in [0.29, 0.717) is 31.0 Å². The second-order valence-electron chi connectivity index (χ2n) is 8.95. The Labute approximate surface area is 170 Å². The number of nitrogens with zero attached hydrogens (tertiary/aromatic N) is 1. The molecule has 1 aliphatic carbocycles. The third-order valence-corrected chi connectivity index (χ3v) is 7.41. The van der Waals surface area contributed by atoms with Crippen LogP contribution in [-0.2, 0) is 22.7 Å². The van der Waals surface area contributed by atoms with Crippen LogP contribution in [0.15, 0.2) is 18.2 Å². The molecule has 5 rings (SSSR count). The van der Waals surface area contributed by atoms with Crippen LogP contribution < -0.4 is 16.0 Å². The summed E-state index contributed by atoms with van der Waals surface area (Å²) in [7, 11) is 0. The molecule has 0 aromatic heterocycles. The minimum atomic E-state index is -0.561. The van der Waals surface area contributed by atoms with Gasteiger partial charge >= 0.3 is 0 Å². The second-order valence-corrected chi connectivity index (χ2v) is 8.95. The average Bonchev–Trinajstić information content (AvgIpc) is 3.02. The van der Waals surface area contributed by atoms with Crippen molar-refractivity contribution in [2.75, 3.05) is 13.1 Å². The lowest BCUT2D eigenvalue weighted by molar-refractivity contribution is -0.136. The molecule has 7 nitrogen and oxygen atoms in total. The molecular weight excluding hydrogens is 368 g/mol. The van der Waals surface area contributed by atoms with Gasteiger partial charge in [0.05, 0.1) is 0 Å². The van der Waals surface area contributed by atoms with Crippen LogP contribution in [0.4, 0.5) is 0 Å². The summed E-state index contributed by atoms with van der Waals surface area (Å²) in [6.07, 6.45) is 5.80. The lowest BCUT2D eigenvalue weighted by Gasteiger charge is -2.51. The fourth-order valence-electron chi connectivity index (χ4n) is 5.56. The summed E-state index contributed by atoms with van der Waals surface area (Å²) in [6, 6.07) is 5.85. The molecule has 3 N–H and O–H groups in total. The van der Waals surface area contributed by atoms with Crippen molar-refractivity contribution in [3.8, 4) is 0 Å². The largest absolute Gasteiger partial charge is 0.322 e. The Hall–Kier alpha value is -2.25. The highest BCUT2D eigenvalue weighted by molar-refractivity contribution is 6.05. The number of rotatable bonds is 4. The molecule has 2 atom stereocenters. The molecule has 4 aliphatic rings. The van der Waals surface area contributed by atoms with E-state index in [0.717, 1.165) is 29.8 Å². The molecule has 154 valence electrons. The smallest absolute Gasteiger partial charge is 0.255 e. The second kappa shape index (κ2) is 7.22. The van der Waals surface area contributed by atoms with Gasteiger partial charge in [0.15, 0.2) is 0 Å². The summed E-state index contributed by atoms with van der Waals surface area (Å²) in [4.78, 5) is 38.6. The van der Waals surface area contributed by atoms with Crippen molar-refractivity contribution in [2.45, 2.75) is 63.7 Å². The molecule has 3 amide bonds. The third kappa shape index (κ3) is 3.16. The molecule has 1 aromatic rings. The van der Waals surface area contributed by atoms with Gasteiger partial charge in [-0.25, -0.2) is 0 Å². The van der Waals surface area contributed by atoms with Crippen LogP contribution in [0.5, 0.6) is 0 Å². The Kier molecular flexibility index (Phi) is 4.67. The highest BCUT2D eigenvalue weighted by Crippen LogP contribution is 2.47. The molecule has 3 fully saturated rings. The maximum absolute atomic E-state index is 13.2. The number of nitrogens with one attached hydrogen (secondary N) is 3. The monoisotopic (exact) mass is 396 g/mol. The fourth-order valence-corrected chi connectivity index (χ4v) is 5.56. The highest BCUT2D eigenvalue weighted by Gasteiger charge is 2.45. The molecule has 0 bridgehead atoms. The minimum absolute atomic E-state index is 0.0907. The number of piperidine rings is 2. The van der Waals surface area contributed by atoms with E-state index in [4.69, 9.17) is 0 Å². The number of fused-ring (bicyclic) bond motifs is 1. The Morgan fingerprint density at radius 1 is 1.17 bits per heavy atom.